The minimum absolute atomic E-state index is 0.0333. The Labute approximate surface area is 222 Å². The molecule has 8 nitrogen and oxygen atoms in total. The molecule has 0 aliphatic rings. The second kappa shape index (κ2) is 9.79. The van der Waals surface area contributed by atoms with Crippen LogP contribution in [-0.2, 0) is 16.2 Å². The maximum absolute atomic E-state index is 15.5. The predicted molar refractivity (Wildman–Crippen MR) is 134 cm³/mol. The number of nitrogens with zero attached hydrogens (tertiary/aromatic N) is 2. The average molecular weight is 577 g/mol. The van der Waals surface area contributed by atoms with E-state index in [0.29, 0.717) is 4.31 Å². The number of aromatic amines is 1. The fourth-order valence-electron chi connectivity index (χ4n) is 4.09. The lowest BCUT2D eigenvalue weighted by Crippen LogP contribution is -2.28. The SMILES string of the molecule is COc1cc(-c2cccc(C(F)(F)F)c2)c(F)cc1N(c1ccon1)S(=O)(=O)c1cc2ccc(=O)[nH]c2cc1F. The van der Waals surface area contributed by atoms with E-state index in [0.717, 1.165) is 68.0 Å². The molecular weight excluding hydrogens is 561 g/mol. The number of rotatable bonds is 6. The summed E-state index contributed by atoms with van der Waals surface area (Å²) in [5.74, 6) is -3.02. The van der Waals surface area contributed by atoms with Gasteiger partial charge in [-0.05, 0) is 47.3 Å². The highest BCUT2D eigenvalue weighted by Gasteiger charge is 2.35. The van der Waals surface area contributed by atoms with E-state index in [2.05, 4.69) is 10.1 Å². The molecule has 0 saturated carbocycles. The van der Waals surface area contributed by atoms with Gasteiger partial charge >= 0.3 is 6.18 Å². The molecule has 2 heterocycles. The third kappa shape index (κ3) is 4.77. The molecule has 0 amide bonds. The van der Waals surface area contributed by atoms with E-state index in [-0.39, 0.29) is 27.8 Å². The van der Waals surface area contributed by atoms with E-state index in [1.54, 1.807) is 0 Å². The van der Waals surface area contributed by atoms with Gasteiger partial charge in [0, 0.05) is 23.8 Å². The van der Waals surface area contributed by atoms with Gasteiger partial charge in [0.15, 0.2) is 5.82 Å². The van der Waals surface area contributed by atoms with Crippen molar-refractivity contribution in [3.05, 3.63) is 101 Å². The van der Waals surface area contributed by atoms with E-state index >= 15 is 8.78 Å². The van der Waals surface area contributed by atoms with E-state index in [9.17, 15) is 26.4 Å². The average Bonchev–Trinajstić information content (AvgIpc) is 3.42. The molecule has 3 aromatic carbocycles. The summed E-state index contributed by atoms with van der Waals surface area (Å²) in [7, 11) is -3.78. The molecule has 0 radical (unpaired) electrons. The highest BCUT2D eigenvalue weighted by atomic mass is 32.2. The Kier molecular flexibility index (Phi) is 6.58. The van der Waals surface area contributed by atoms with Crippen LogP contribution in [0.4, 0.5) is 33.5 Å². The predicted octanol–water partition coefficient (Wildman–Crippen LogP) is 6.02. The Morgan fingerprint density at radius 1 is 0.975 bits per heavy atom. The van der Waals surface area contributed by atoms with Crippen molar-refractivity contribution in [3.63, 3.8) is 0 Å². The Morgan fingerprint density at radius 2 is 1.75 bits per heavy atom. The first-order valence-electron chi connectivity index (χ1n) is 11.2. The van der Waals surface area contributed by atoms with E-state index in [4.69, 9.17) is 9.26 Å². The van der Waals surface area contributed by atoms with Crippen molar-refractivity contribution in [1.29, 1.82) is 0 Å². The van der Waals surface area contributed by atoms with Crippen molar-refractivity contribution in [2.24, 2.45) is 0 Å². The standard InChI is InChI=1S/C26H16F5N3O5S/c1-38-22-11-17(14-3-2-4-16(9-14)26(29,30)31)18(27)13-21(22)34(24-7-8-39-33-24)40(36,37)23-10-15-5-6-25(35)32-20(15)12-19(23)28/h2-13H,1H3,(H,32,35). The Balaban J connectivity index is 1.71. The number of ether oxygens (including phenoxy) is 1. The third-order valence-corrected chi connectivity index (χ3v) is 7.65. The summed E-state index contributed by atoms with van der Waals surface area (Å²) in [5.41, 5.74) is -2.45. The van der Waals surface area contributed by atoms with Gasteiger partial charge in [-0.15, -0.1) is 0 Å². The van der Waals surface area contributed by atoms with Crippen LogP contribution in [0.25, 0.3) is 22.0 Å². The maximum atomic E-state index is 15.5. The number of H-pyrrole nitrogens is 1. The minimum atomic E-state index is -4.91. The zero-order valence-electron chi connectivity index (χ0n) is 20.2. The van der Waals surface area contributed by atoms with Gasteiger partial charge in [0.05, 0.1) is 18.2 Å². The molecule has 206 valence electrons. The van der Waals surface area contributed by atoms with Crippen molar-refractivity contribution < 1.29 is 39.6 Å². The summed E-state index contributed by atoms with van der Waals surface area (Å²) < 4.78 is 109. The zero-order valence-corrected chi connectivity index (χ0v) is 21.0. The van der Waals surface area contributed by atoms with Crippen LogP contribution in [0.5, 0.6) is 5.75 Å². The molecule has 0 bridgehead atoms. The van der Waals surface area contributed by atoms with Crippen molar-refractivity contribution >= 4 is 32.4 Å². The molecule has 0 aliphatic carbocycles. The van der Waals surface area contributed by atoms with Crippen LogP contribution < -0.4 is 14.6 Å². The lowest BCUT2D eigenvalue weighted by Gasteiger charge is -2.24. The van der Waals surface area contributed by atoms with Gasteiger partial charge in [-0.2, -0.15) is 13.2 Å². The Morgan fingerprint density at radius 3 is 2.42 bits per heavy atom. The zero-order chi connectivity index (χ0) is 28.8. The molecular formula is C26H16F5N3O5S. The number of nitrogens with one attached hydrogen (secondary N) is 1. The van der Waals surface area contributed by atoms with Gasteiger partial charge in [0.2, 0.25) is 5.56 Å². The van der Waals surface area contributed by atoms with Crippen LogP contribution in [0.2, 0.25) is 0 Å². The van der Waals surface area contributed by atoms with Crippen LogP contribution in [0.15, 0.2) is 87.2 Å². The van der Waals surface area contributed by atoms with E-state index in [1.807, 2.05) is 0 Å². The quantitative estimate of drug-likeness (QED) is 0.248. The fourth-order valence-corrected chi connectivity index (χ4v) is 5.61. The van der Waals surface area contributed by atoms with Gasteiger partial charge in [0.1, 0.15) is 34.2 Å². The molecule has 0 saturated heterocycles. The van der Waals surface area contributed by atoms with Gasteiger partial charge in [-0.1, -0.05) is 17.3 Å². The third-order valence-electron chi connectivity index (χ3n) is 5.91. The van der Waals surface area contributed by atoms with Crippen molar-refractivity contribution in [2.75, 3.05) is 11.4 Å². The van der Waals surface area contributed by atoms with E-state index < -0.39 is 55.4 Å². The Bertz CT molecular complexity index is 1900. The summed E-state index contributed by atoms with van der Waals surface area (Å²) in [6, 6.07) is 11.0. The van der Waals surface area contributed by atoms with Crippen molar-refractivity contribution in [3.8, 4) is 16.9 Å². The highest BCUT2D eigenvalue weighted by molar-refractivity contribution is 7.93. The first-order chi connectivity index (χ1) is 18.9. The van der Waals surface area contributed by atoms with E-state index in [1.165, 1.54) is 12.1 Å². The second-order valence-corrected chi connectivity index (χ2v) is 10.2. The minimum Gasteiger partial charge on any atom is -0.495 e. The number of fused-ring (bicyclic) bond motifs is 1. The summed E-state index contributed by atoms with van der Waals surface area (Å²) in [4.78, 5) is 13.1. The van der Waals surface area contributed by atoms with Crippen molar-refractivity contribution in [2.45, 2.75) is 11.1 Å². The van der Waals surface area contributed by atoms with Gasteiger partial charge in [-0.3, -0.25) is 4.79 Å². The maximum Gasteiger partial charge on any atom is 0.416 e. The molecule has 14 heteroatoms. The molecule has 0 spiro atoms. The number of sulfonamides is 1. The van der Waals surface area contributed by atoms with Crippen LogP contribution in [0.3, 0.4) is 0 Å². The number of benzene rings is 3. The molecule has 5 aromatic rings. The smallest absolute Gasteiger partial charge is 0.416 e. The number of anilines is 2. The molecule has 0 unspecified atom stereocenters. The van der Waals surface area contributed by atoms with Gasteiger partial charge < -0.3 is 14.2 Å². The largest absolute Gasteiger partial charge is 0.495 e. The first kappa shape index (κ1) is 26.9. The number of pyridine rings is 1. The summed E-state index contributed by atoms with van der Waals surface area (Å²) in [6.07, 6.45) is -3.66. The lowest BCUT2D eigenvalue weighted by atomic mass is 10.0. The normalized spacial score (nSPS) is 12.1. The van der Waals surface area contributed by atoms with Crippen LogP contribution >= 0.6 is 0 Å². The molecule has 1 N–H and O–H groups in total. The molecule has 0 atom stereocenters. The summed E-state index contributed by atoms with van der Waals surface area (Å²) >= 11 is 0. The fraction of sp³-hybridized carbons (Fsp3) is 0.0769. The molecule has 5 rings (SSSR count). The number of hydrogen-bond donors (Lipinski definition) is 1. The van der Waals surface area contributed by atoms with Gasteiger partial charge in [0.25, 0.3) is 10.0 Å². The Hall–Kier alpha value is -4.72. The highest BCUT2D eigenvalue weighted by Crippen LogP contribution is 2.42. The molecule has 40 heavy (non-hydrogen) atoms. The summed E-state index contributed by atoms with van der Waals surface area (Å²) in [6.45, 7) is 0. The number of halogens is 5. The second-order valence-electron chi connectivity index (χ2n) is 8.40. The molecule has 0 fully saturated rings. The number of hydrogen-bond acceptors (Lipinski definition) is 6. The van der Waals surface area contributed by atoms with Crippen LogP contribution in [0.1, 0.15) is 5.56 Å². The first-order valence-corrected chi connectivity index (χ1v) is 12.7. The van der Waals surface area contributed by atoms with Crippen LogP contribution in [-0.4, -0.2) is 25.7 Å². The van der Waals surface area contributed by atoms with Gasteiger partial charge in [-0.25, -0.2) is 21.5 Å². The van der Waals surface area contributed by atoms with Crippen LogP contribution in [0, 0.1) is 11.6 Å². The monoisotopic (exact) mass is 577 g/mol. The number of methoxy groups -OCH3 is 1. The van der Waals surface area contributed by atoms with Crippen molar-refractivity contribution in [1.82, 2.24) is 10.1 Å². The number of aromatic nitrogens is 2. The molecule has 2 aromatic heterocycles. The molecule has 0 aliphatic heterocycles. The summed E-state index contributed by atoms with van der Waals surface area (Å²) in [5, 5.41) is 3.79. The lowest BCUT2D eigenvalue weighted by molar-refractivity contribution is -0.137. The number of alkyl halides is 3. The topological polar surface area (TPSA) is 106 Å².